The molecule has 18 heavy (non-hydrogen) atoms. The van der Waals surface area contributed by atoms with Crippen LogP contribution < -0.4 is 10.1 Å². The van der Waals surface area contributed by atoms with Crippen molar-refractivity contribution in [2.75, 3.05) is 12.4 Å². The number of nitrogens with zero attached hydrogens (tertiary/aromatic N) is 2. The third-order valence-electron chi connectivity index (χ3n) is 2.33. The van der Waals surface area contributed by atoms with Gasteiger partial charge in [-0.05, 0) is 24.6 Å². The smallest absolute Gasteiger partial charge is 0.255 e. The average Bonchev–Trinajstić information content (AvgIpc) is 2.35. The zero-order valence-electron chi connectivity index (χ0n) is 9.87. The number of hydrogen-bond donors (Lipinski definition) is 1. The number of anilines is 2. The summed E-state index contributed by atoms with van der Waals surface area (Å²) in [6.45, 7) is 1.92. The van der Waals surface area contributed by atoms with E-state index in [2.05, 4.69) is 15.3 Å². The molecule has 0 atom stereocenters. The summed E-state index contributed by atoms with van der Waals surface area (Å²) >= 11 is 6.05. The van der Waals surface area contributed by atoms with Crippen molar-refractivity contribution in [3.63, 3.8) is 0 Å². The van der Waals surface area contributed by atoms with E-state index in [4.69, 9.17) is 16.3 Å². The van der Waals surface area contributed by atoms with Gasteiger partial charge in [0.2, 0.25) is 5.82 Å². The van der Waals surface area contributed by atoms with Crippen molar-refractivity contribution in [2.45, 2.75) is 6.92 Å². The SMILES string of the molecule is COc1ncnc(Nc2ccc(C)cc2Cl)c1F. The first-order valence-corrected chi connectivity index (χ1v) is 5.57. The summed E-state index contributed by atoms with van der Waals surface area (Å²) in [4.78, 5) is 7.46. The molecule has 2 aromatic rings. The Morgan fingerprint density at radius 2 is 2.11 bits per heavy atom. The lowest BCUT2D eigenvalue weighted by atomic mass is 10.2. The third kappa shape index (κ3) is 2.51. The number of ether oxygens (including phenoxy) is 1. The van der Waals surface area contributed by atoms with Gasteiger partial charge < -0.3 is 10.1 Å². The van der Waals surface area contributed by atoms with Gasteiger partial charge in [0.1, 0.15) is 6.33 Å². The van der Waals surface area contributed by atoms with Crippen LogP contribution in [0, 0.1) is 12.7 Å². The standard InChI is InChI=1S/C12H11ClFN3O/c1-7-3-4-9(8(13)5-7)17-11-10(14)12(18-2)16-6-15-11/h3-6H,1-2H3,(H,15,16,17). The van der Waals surface area contributed by atoms with Gasteiger partial charge in [-0.2, -0.15) is 9.37 Å². The third-order valence-corrected chi connectivity index (χ3v) is 2.64. The van der Waals surface area contributed by atoms with Crippen molar-refractivity contribution in [3.8, 4) is 5.88 Å². The molecule has 4 nitrogen and oxygen atoms in total. The summed E-state index contributed by atoms with van der Waals surface area (Å²) < 4.78 is 18.6. The number of rotatable bonds is 3. The Morgan fingerprint density at radius 3 is 2.78 bits per heavy atom. The summed E-state index contributed by atoms with van der Waals surface area (Å²) in [6, 6.07) is 5.40. The highest BCUT2D eigenvalue weighted by Gasteiger charge is 2.12. The quantitative estimate of drug-likeness (QED) is 0.927. The molecule has 0 spiro atoms. The van der Waals surface area contributed by atoms with Crippen molar-refractivity contribution in [1.82, 2.24) is 9.97 Å². The molecule has 0 fully saturated rings. The van der Waals surface area contributed by atoms with E-state index in [0.29, 0.717) is 10.7 Å². The maximum atomic E-state index is 13.8. The molecule has 0 saturated carbocycles. The van der Waals surface area contributed by atoms with Crippen LogP contribution in [-0.4, -0.2) is 17.1 Å². The van der Waals surface area contributed by atoms with E-state index in [1.807, 2.05) is 13.0 Å². The lowest BCUT2D eigenvalue weighted by Gasteiger charge is -2.10. The molecule has 0 aliphatic rings. The van der Waals surface area contributed by atoms with Crippen molar-refractivity contribution >= 4 is 23.1 Å². The minimum absolute atomic E-state index is 0.0209. The van der Waals surface area contributed by atoms with Gasteiger partial charge in [-0.15, -0.1) is 0 Å². The summed E-state index contributed by atoms with van der Waals surface area (Å²) in [5, 5.41) is 3.30. The number of nitrogens with one attached hydrogen (secondary N) is 1. The Bertz CT molecular complexity index is 577. The predicted octanol–water partition coefficient (Wildman–Crippen LogP) is 3.33. The number of hydrogen-bond acceptors (Lipinski definition) is 4. The molecule has 94 valence electrons. The van der Waals surface area contributed by atoms with Crippen LogP contribution in [0.5, 0.6) is 5.88 Å². The van der Waals surface area contributed by atoms with Crippen LogP contribution >= 0.6 is 11.6 Å². The predicted molar refractivity (Wildman–Crippen MR) is 68.0 cm³/mol. The lowest BCUT2D eigenvalue weighted by Crippen LogP contribution is -2.01. The van der Waals surface area contributed by atoms with Crippen molar-refractivity contribution in [1.29, 1.82) is 0 Å². The minimum Gasteiger partial charge on any atom is -0.479 e. The van der Waals surface area contributed by atoms with Crippen LogP contribution in [0.1, 0.15) is 5.56 Å². The molecule has 0 aliphatic heterocycles. The first kappa shape index (κ1) is 12.6. The van der Waals surface area contributed by atoms with E-state index >= 15 is 0 Å². The van der Waals surface area contributed by atoms with Crippen LogP contribution in [-0.2, 0) is 0 Å². The van der Waals surface area contributed by atoms with Gasteiger partial charge in [-0.25, -0.2) is 4.98 Å². The number of benzene rings is 1. The van der Waals surface area contributed by atoms with Gasteiger partial charge in [-0.3, -0.25) is 0 Å². The molecule has 1 heterocycles. The van der Waals surface area contributed by atoms with Gasteiger partial charge in [0.05, 0.1) is 17.8 Å². The van der Waals surface area contributed by atoms with Gasteiger partial charge in [0.15, 0.2) is 5.82 Å². The summed E-state index contributed by atoms with van der Waals surface area (Å²) in [7, 11) is 1.34. The van der Waals surface area contributed by atoms with Crippen LogP contribution in [0.3, 0.4) is 0 Å². The molecule has 0 amide bonds. The fraction of sp³-hybridized carbons (Fsp3) is 0.167. The largest absolute Gasteiger partial charge is 0.479 e. The second kappa shape index (κ2) is 5.18. The van der Waals surface area contributed by atoms with Gasteiger partial charge in [-0.1, -0.05) is 17.7 Å². The molecule has 6 heteroatoms. The van der Waals surface area contributed by atoms with E-state index in [-0.39, 0.29) is 11.7 Å². The van der Waals surface area contributed by atoms with Crippen molar-refractivity contribution in [2.24, 2.45) is 0 Å². The minimum atomic E-state index is -0.656. The molecule has 0 saturated heterocycles. The highest BCUT2D eigenvalue weighted by Crippen LogP contribution is 2.28. The van der Waals surface area contributed by atoms with E-state index in [1.54, 1.807) is 12.1 Å². The van der Waals surface area contributed by atoms with Gasteiger partial charge in [0, 0.05) is 0 Å². The number of methoxy groups -OCH3 is 1. The van der Waals surface area contributed by atoms with Crippen LogP contribution in [0.25, 0.3) is 0 Å². The Morgan fingerprint density at radius 1 is 1.33 bits per heavy atom. The Balaban J connectivity index is 2.34. The molecular formula is C12H11ClFN3O. The lowest BCUT2D eigenvalue weighted by molar-refractivity contribution is 0.368. The molecule has 0 unspecified atom stereocenters. The Hall–Kier alpha value is -1.88. The van der Waals surface area contributed by atoms with E-state index in [0.717, 1.165) is 5.56 Å². The van der Waals surface area contributed by atoms with Crippen molar-refractivity contribution < 1.29 is 9.13 Å². The second-order valence-electron chi connectivity index (χ2n) is 3.65. The fourth-order valence-corrected chi connectivity index (χ4v) is 1.71. The normalized spacial score (nSPS) is 10.2. The maximum Gasteiger partial charge on any atom is 0.255 e. The van der Waals surface area contributed by atoms with E-state index < -0.39 is 5.82 Å². The molecule has 1 aromatic heterocycles. The zero-order valence-corrected chi connectivity index (χ0v) is 10.6. The highest BCUT2D eigenvalue weighted by molar-refractivity contribution is 6.33. The van der Waals surface area contributed by atoms with Gasteiger partial charge >= 0.3 is 0 Å². The van der Waals surface area contributed by atoms with E-state index in [1.165, 1.54) is 13.4 Å². The fourth-order valence-electron chi connectivity index (χ4n) is 1.43. The average molecular weight is 268 g/mol. The topological polar surface area (TPSA) is 47.0 Å². The second-order valence-corrected chi connectivity index (χ2v) is 4.06. The first-order chi connectivity index (χ1) is 8.61. The number of aryl methyl sites for hydroxylation is 1. The van der Waals surface area contributed by atoms with Gasteiger partial charge in [0.25, 0.3) is 5.88 Å². The zero-order chi connectivity index (χ0) is 13.1. The first-order valence-electron chi connectivity index (χ1n) is 5.19. The highest BCUT2D eigenvalue weighted by atomic mass is 35.5. The van der Waals surface area contributed by atoms with Crippen molar-refractivity contribution in [3.05, 3.63) is 40.9 Å². The van der Waals surface area contributed by atoms with E-state index in [9.17, 15) is 4.39 Å². The molecular weight excluding hydrogens is 257 g/mol. The maximum absolute atomic E-state index is 13.8. The summed E-state index contributed by atoms with van der Waals surface area (Å²) in [6.07, 6.45) is 1.21. The van der Waals surface area contributed by atoms with Crippen LogP contribution in [0.15, 0.2) is 24.5 Å². The Labute approximate surface area is 109 Å². The van der Waals surface area contributed by atoms with Crippen LogP contribution in [0.2, 0.25) is 5.02 Å². The Kier molecular flexibility index (Phi) is 3.62. The molecule has 0 radical (unpaired) electrons. The molecule has 2 rings (SSSR count). The molecule has 1 N–H and O–H groups in total. The molecule has 1 aromatic carbocycles. The summed E-state index contributed by atoms with van der Waals surface area (Å²) in [5.74, 6) is -0.750. The number of halogens is 2. The number of aromatic nitrogens is 2. The monoisotopic (exact) mass is 267 g/mol. The summed E-state index contributed by atoms with van der Waals surface area (Å²) in [5.41, 5.74) is 1.59. The van der Waals surface area contributed by atoms with Crippen LogP contribution in [0.4, 0.5) is 15.9 Å². The molecule has 0 bridgehead atoms. The molecule has 0 aliphatic carbocycles.